The van der Waals surface area contributed by atoms with E-state index >= 15 is 0 Å². The lowest BCUT2D eigenvalue weighted by atomic mass is 9.94. The van der Waals surface area contributed by atoms with Gasteiger partial charge in [-0.1, -0.05) is 40.2 Å². The maximum atomic E-state index is 13.0. The van der Waals surface area contributed by atoms with E-state index in [0.717, 1.165) is 26.9 Å². The first-order valence-corrected chi connectivity index (χ1v) is 9.07. The monoisotopic (exact) mass is 413 g/mol. The lowest BCUT2D eigenvalue weighted by Crippen LogP contribution is -2.46. The number of allylic oxidation sites excluding steroid dienone is 1. The third kappa shape index (κ3) is 3.65. The van der Waals surface area contributed by atoms with Crippen LogP contribution >= 0.6 is 15.9 Å². The molecule has 6 heteroatoms. The lowest BCUT2D eigenvalue weighted by Gasteiger charge is -2.29. The minimum absolute atomic E-state index is 0.239. The van der Waals surface area contributed by atoms with Gasteiger partial charge in [0.1, 0.15) is 0 Å². The maximum Gasteiger partial charge on any atom is 0.319 e. The van der Waals surface area contributed by atoms with Gasteiger partial charge in [0.05, 0.1) is 11.6 Å². The van der Waals surface area contributed by atoms with Crippen LogP contribution in [-0.2, 0) is 4.79 Å². The van der Waals surface area contributed by atoms with E-state index in [2.05, 4.69) is 31.9 Å². The zero-order valence-electron chi connectivity index (χ0n) is 14.8. The van der Waals surface area contributed by atoms with Crippen molar-refractivity contribution in [2.75, 3.05) is 5.32 Å². The molecule has 0 aliphatic carbocycles. The Balaban J connectivity index is 1.96. The van der Waals surface area contributed by atoms with Crippen molar-refractivity contribution in [3.05, 3.63) is 74.9 Å². The van der Waals surface area contributed by atoms with Gasteiger partial charge in [-0.25, -0.2) is 4.79 Å². The van der Waals surface area contributed by atoms with Crippen LogP contribution in [-0.4, -0.2) is 11.9 Å². The molecule has 1 heterocycles. The predicted octanol–water partition coefficient (Wildman–Crippen LogP) is 4.33. The summed E-state index contributed by atoms with van der Waals surface area (Å²) >= 11 is 3.41. The second-order valence-corrected chi connectivity index (χ2v) is 7.24. The van der Waals surface area contributed by atoms with E-state index in [0.29, 0.717) is 11.3 Å². The van der Waals surface area contributed by atoms with Crippen LogP contribution < -0.4 is 16.0 Å². The molecule has 2 aromatic rings. The van der Waals surface area contributed by atoms with E-state index in [1.807, 2.05) is 56.3 Å². The van der Waals surface area contributed by atoms with Crippen molar-refractivity contribution >= 4 is 33.6 Å². The summed E-state index contributed by atoms with van der Waals surface area (Å²) in [6.45, 7) is 5.71. The van der Waals surface area contributed by atoms with Crippen LogP contribution in [0.4, 0.5) is 10.5 Å². The predicted molar refractivity (Wildman–Crippen MR) is 106 cm³/mol. The van der Waals surface area contributed by atoms with Crippen LogP contribution in [0.2, 0.25) is 0 Å². The second-order valence-electron chi connectivity index (χ2n) is 6.32. The number of benzene rings is 2. The minimum Gasteiger partial charge on any atom is -0.327 e. The van der Waals surface area contributed by atoms with Gasteiger partial charge in [-0.05, 0) is 55.7 Å². The van der Waals surface area contributed by atoms with E-state index in [9.17, 15) is 9.59 Å². The van der Waals surface area contributed by atoms with Gasteiger partial charge in [0.25, 0.3) is 5.91 Å². The Morgan fingerprint density at radius 3 is 2.46 bits per heavy atom. The first-order chi connectivity index (χ1) is 12.4. The Bertz CT molecular complexity index is 904. The van der Waals surface area contributed by atoms with E-state index < -0.39 is 6.04 Å². The molecule has 0 saturated heterocycles. The van der Waals surface area contributed by atoms with Crippen LogP contribution in [0.1, 0.15) is 29.7 Å². The standard InChI is InChI=1S/C20H20BrN3O2/c1-11-5-4-6-16(12(11)2)23-19(25)17-13(3)22-20(26)24-18(17)14-7-9-15(21)10-8-14/h4-10,18H,1-3H3,(H,23,25)(H2,22,24,26)/t18-/m1/s1. The van der Waals surface area contributed by atoms with Crippen LogP contribution in [0.25, 0.3) is 0 Å². The highest BCUT2D eigenvalue weighted by Gasteiger charge is 2.31. The zero-order valence-corrected chi connectivity index (χ0v) is 16.4. The number of aryl methyl sites for hydroxylation is 1. The van der Waals surface area contributed by atoms with Crippen molar-refractivity contribution in [2.45, 2.75) is 26.8 Å². The normalized spacial score (nSPS) is 16.8. The third-order valence-corrected chi connectivity index (χ3v) is 5.10. The molecule has 0 spiro atoms. The largest absolute Gasteiger partial charge is 0.327 e. The fourth-order valence-corrected chi connectivity index (χ4v) is 3.24. The number of carbonyl (C=O) groups is 2. The summed E-state index contributed by atoms with van der Waals surface area (Å²) in [5, 5.41) is 8.51. The van der Waals surface area contributed by atoms with Crippen LogP contribution in [0.15, 0.2) is 58.2 Å². The number of hydrogen-bond acceptors (Lipinski definition) is 2. The molecular weight excluding hydrogens is 394 g/mol. The van der Waals surface area contributed by atoms with Crippen molar-refractivity contribution in [1.82, 2.24) is 10.6 Å². The summed E-state index contributed by atoms with van der Waals surface area (Å²) in [5.74, 6) is -0.239. The van der Waals surface area contributed by atoms with Gasteiger partial charge in [0.2, 0.25) is 0 Å². The number of amides is 3. The van der Waals surface area contributed by atoms with Crippen LogP contribution in [0.3, 0.4) is 0 Å². The topological polar surface area (TPSA) is 70.2 Å². The number of urea groups is 1. The molecule has 26 heavy (non-hydrogen) atoms. The van der Waals surface area contributed by atoms with Crippen molar-refractivity contribution in [3.8, 4) is 0 Å². The molecule has 0 saturated carbocycles. The van der Waals surface area contributed by atoms with Crippen molar-refractivity contribution in [3.63, 3.8) is 0 Å². The molecule has 1 aliphatic rings. The van der Waals surface area contributed by atoms with Gasteiger partial charge in [-0.2, -0.15) is 0 Å². The van der Waals surface area contributed by atoms with Crippen LogP contribution in [0, 0.1) is 13.8 Å². The number of rotatable bonds is 3. The van der Waals surface area contributed by atoms with Gasteiger partial charge in [-0.3, -0.25) is 4.79 Å². The van der Waals surface area contributed by atoms with E-state index in [1.54, 1.807) is 6.92 Å². The number of halogens is 1. The summed E-state index contributed by atoms with van der Waals surface area (Å²) < 4.78 is 0.934. The van der Waals surface area contributed by atoms with Gasteiger partial charge >= 0.3 is 6.03 Å². The molecule has 1 aliphatic heterocycles. The Morgan fingerprint density at radius 1 is 1.08 bits per heavy atom. The molecule has 0 bridgehead atoms. The fraction of sp³-hybridized carbons (Fsp3) is 0.200. The average molecular weight is 414 g/mol. The summed E-state index contributed by atoms with van der Waals surface area (Å²) in [5.41, 5.74) is 4.77. The number of carbonyl (C=O) groups excluding carboxylic acids is 2. The van der Waals surface area contributed by atoms with E-state index in [-0.39, 0.29) is 11.9 Å². The number of hydrogen-bond donors (Lipinski definition) is 3. The van der Waals surface area contributed by atoms with Crippen molar-refractivity contribution < 1.29 is 9.59 Å². The minimum atomic E-state index is -0.512. The van der Waals surface area contributed by atoms with E-state index in [1.165, 1.54) is 0 Å². The Hall–Kier alpha value is -2.60. The molecule has 3 N–H and O–H groups in total. The summed E-state index contributed by atoms with van der Waals surface area (Å²) in [6, 6.07) is 12.5. The smallest absolute Gasteiger partial charge is 0.319 e. The molecular formula is C20H20BrN3O2. The van der Waals surface area contributed by atoms with Crippen LogP contribution in [0.5, 0.6) is 0 Å². The molecule has 0 radical (unpaired) electrons. The summed E-state index contributed by atoms with van der Waals surface area (Å²) in [7, 11) is 0. The van der Waals surface area contributed by atoms with Gasteiger partial charge in [-0.15, -0.1) is 0 Å². The van der Waals surface area contributed by atoms with Gasteiger partial charge < -0.3 is 16.0 Å². The highest BCUT2D eigenvalue weighted by Crippen LogP contribution is 2.29. The Labute approximate surface area is 161 Å². The SMILES string of the molecule is CC1=C(C(=O)Nc2cccc(C)c2C)[C@@H](c2ccc(Br)cc2)NC(=O)N1. The molecule has 2 aromatic carbocycles. The van der Waals surface area contributed by atoms with E-state index in [4.69, 9.17) is 0 Å². The highest BCUT2D eigenvalue weighted by atomic mass is 79.9. The number of nitrogens with one attached hydrogen (secondary N) is 3. The second kappa shape index (κ2) is 7.33. The third-order valence-electron chi connectivity index (χ3n) is 4.57. The quantitative estimate of drug-likeness (QED) is 0.700. The Kier molecular flexibility index (Phi) is 5.13. The first-order valence-electron chi connectivity index (χ1n) is 8.28. The molecule has 1 atom stereocenters. The lowest BCUT2D eigenvalue weighted by molar-refractivity contribution is -0.113. The average Bonchev–Trinajstić information content (AvgIpc) is 2.59. The summed E-state index contributed by atoms with van der Waals surface area (Å²) in [4.78, 5) is 25.0. The molecule has 134 valence electrons. The number of anilines is 1. The molecule has 0 fully saturated rings. The first kappa shape index (κ1) is 18.2. The molecule has 5 nitrogen and oxygen atoms in total. The molecule has 0 unspecified atom stereocenters. The Morgan fingerprint density at radius 2 is 1.77 bits per heavy atom. The zero-order chi connectivity index (χ0) is 18.8. The summed E-state index contributed by atoms with van der Waals surface area (Å²) in [6.07, 6.45) is 0. The molecule has 0 aromatic heterocycles. The van der Waals surface area contributed by atoms with Gasteiger partial charge in [0, 0.05) is 15.9 Å². The fourth-order valence-electron chi connectivity index (χ4n) is 2.98. The highest BCUT2D eigenvalue weighted by molar-refractivity contribution is 9.10. The molecule has 3 amide bonds. The maximum absolute atomic E-state index is 13.0. The van der Waals surface area contributed by atoms with Crippen molar-refractivity contribution in [1.29, 1.82) is 0 Å². The van der Waals surface area contributed by atoms with Gasteiger partial charge in [0.15, 0.2) is 0 Å². The van der Waals surface area contributed by atoms with Crippen molar-refractivity contribution in [2.24, 2.45) is 0 Å². The molecule has 3 rings (SSSR count).